The number of carboxylic acids is 1. The summed E-state index contributed by atoms with van der Waals surface area (Å²) in [5, 5.41) is 14.6. The van der Waals surface area contributed by atoms with E-state index in [9.17, 15) is 14.7 Å². The molecule has 0 fully saturated rings. The van der Waals surface area contributed by atoms with E-state index in [-0.39, 0.29) is 6.42 Å². The monoisotopic (exact) mass is 387 g/mol. The van der Waals surface area contributed by atoms with Crippen LogP contribution in [0.1, 0.15) is 15.9 Å². The van der Waals surface area contributed by atoms with E-state index in [0.29, 0.717) is 21.2 Å². The minimum atomic E-state index is -1.13. The Morgan fingerprint density at radius 2 is 1.73 bits per heavy atom. The lowest BCUT2D eigenvalue weighted by molar-refractivity contribution is -0.139. The van der Waals surface area contributed by atoms with Crippen LogP contribution in [0.25, 0.3) is 10.8 Å². The molecule has 3 rings (SSSR count). The Balaban J connectivity index is 1.85. The van der Waals surface area contributed by atoms with Gasteiger partial charge in [0, 0.05) is 22.0 Å². The Labute approximate surface area is 160 Å². The number of rotatable bonds is 5. The molecule has 1 amide bonds. The SMILES string of the molecule is O=C(N[C@H](Cc1ccc(Cl)cc1Cl)C(=O)O)c1cccc2ccccc12. The predicted octanol–water partition coefficient (Wildman–Crippen LogP) is 4.57. The van der Waals surface area contributed by atoms with Crippen molar-refractivity contribution in [2.75, 3.05) is 0 Å². The Morgan fingerprint density at radius 1 is 1.00 bits per heavy atom. The molecule has 4 nitrogen and oxygen atoms in total. The van der Waals surface area contributed by atoms with Crippen molar-refractivity contribution in [3.8, 4) is 0 Å². The zero-order valence-electron chi connectivity index (χ0n) is 13.6. The first kappa shape index (κ1) is 18.2. The Morgan fingerprint density at radius 3 is 2.46 bits per heavy atom. The summed E-state index contributed by atoms with van der Waals surface area (Å²) in [6.07, 6.45) is 0.0574. The van der Waals surface area contributed by atoms with Gasteiger partial charge in [-0.1, -0.05) is 65.7 Å². The summed E-state index contributed by atoms with van der Waals surface area (Å²) < 4.78 is 0. The van der Waals surface area contributed by atoms with Crippen LogP contribution in [0.4, 0.5) is 0 Å². The smallest absolute Gasteiger partial charge is 0.326 e. The highest BCUT2D eigenvalue weighted by Gasteiger charge is 2.23. The quantitative estimate of drug-likeness (QED) is 0.673. The number of amides is 1. The Bertz CT molecular complexity index is 982. The molecule has 0 spiro atoms. The summed E-state index contributed by atoms with van der Waals surface area (Å²) in [4.78, 5) is 24.3. The fraction of sp³-hybridized carbons (Fsp3) is 0.100. The Kier molecular flexibility index (Phi) is 5.45. The zero-order valence-corrected chi connectivity index (χ0v) is 15.1. The molecule has 0 aliphatic heterocycles. The van der Waals surface area contributed by atoms with E-state index in [1.54, 1.807) is 30.3 Å². The lowest BCUT2D eigenvalue weighted by Crippen LogP contribution is -2.42. The normalized spacial score (nSPS) is 11.9. The van der Waals surface area contributed by atoms with E-state index in [2.05, 4.69) is 5.32 Å². The topological polar surface area (TPSA) is 66.4 Å². The number of fused-ring (bicyclic) bond motifs is 1. The highest BCUT2D eigenvalue weighted by Crippen LogP contribution is 2.23. The van der Waals surface area contributed by atoms with Gasteiger partial charge in [0.2, 0.25) is 0 Å². The van der Waals surface area contributed by atoms with E-state index in [0.717, 1.165) is 10.8 Å². The van der Waals surface area contributed by atoms with Gasteiger partial charge in [-0.3, -0.25) is 4.79 Å². The van der Waals surface area contributed by atoms with Crippen LogP contribution in [0.5, 0.6) is 0 Å². The maximum absolute atomic E-state index is 12.7. The molecule has 0 aromatic heterocycles. The molecule has 6 heteroatoms. The van der Waals surface area contributed by atoms with Crippen molar-refractivity contribution in [3.05, 3.63) is 81.8 Å². The summed E-state index contributed by atoms with van der Waals surface area (Å²) in [6, 6.07) is 16.5. The average Bonchev–Trinajstić information content (AvgIpc) is 2.62. The van der Waals surface area contributed by atoms with Crippen molar-refractivity contribution in [1.29, 1.82) is 0 Å². The lowest BCUT2D eigenvalue weighted by atomic mass is 10.0. The predicted molar refractivity (Wildman–Crippen MR) is 103 cm³/mol. The van der Waals surface area contributed by atoms with Crippen molar-refractivity contribution in [1.82, 2.24) is 5.32 Å². The van der Waals surface area contributed by atoms with Gasteiger partial charge in [-0.15, -0.1) is 0 Å². The third kappa shape index (κ3) is 3.98. The molecular weight excluding hydrogens is 373 g/mol. The molecule has 1 atom stereocenters. The number of halogens is 2. The van der Waals surface area contributed by atoms with Gasteiger partial charge in [-0.2, -0.15) is 0 Å². The first-order chi connectivity index (χ1) is 12.5. The first-order valence-electron chi connectivity index (χ1n) is 7.91. The maximum Gasteiger partial charge on any atom is 0.326 e. The van der Waals surface area contributed by atoms with Crippen molar-refractivity contribution in [3.63, 3.8) is 0 Å². The largest absolute Gasteiger partial charge is 0.480 e. The van der Waals surface area contributed by atoms with Gasteiger partial charge in [0.1, 0.15) is 6.04 Å². The molecule has 0 aliphatic rings. The van der Waals surface area contributed by atoms with Crippen LogP contribution in [-0.4, -0.2) is 23.0 Å². The molecule has 3 aromatic rings. The van der Waals surface area contributed by atoms with Crippen LogP contribution in [0.3, 0.4) is 0 Å². The van der Waals surface area contributed by atoms with Gasteiger partial charge in [0.05, 0.1) is 0 Å². The van der Waals surface area contributed by atoms with Crippen LogP contribution in [-0.2, 0) is 11.2 Å². The number of carbonyl (C=O) groups is 2. The number of aliphatic carboxylic acids is 1. The fourth-order valence-electron chi connectivity index (χ4n) is 2.77. The average molecular weight is 388 g/mol. The number of nitrogens with one attached hydrogen (secondary N) is 1. The maximum atomic E-state index is 12.7. The van der Waals surface area contributed by atoms with E-state index in [1.807, 2.05) is 30.3 Å². The molecule has 132 valence electrons. The highest BCUT2D eigenvalue weighted by atomic mass is 35.5. The molecule has 0 unspecified atom stereocenters. The summed E-state index contributed by atoms with van der Waals surface area (Å²) in [5.74, 6) is -1.58. The van der Waals surface area contributed by atoms with Crippen molar-refractivity contribution in [2.45, 2.75) is 12.5 Å². The summed E-state index contributed by atoms with van der Waals surface area (Å²) in [5.41, 5.74) is 1.03. The molecule has 0 bridgehead atoms. The van der Waals surface area contributed by atoms with E-state index in [1.165, 1.54) is 0 Å². The first-order valence-corrected chi connectivity index (χ1v) is 8.66. The van der Waals surface area contributed by atoms with Crippen LogP contribution >= 0.6 is 23.2 Å². The number of hydrogen-bond acceptors (Lipinski definition) is 2. The molecule has 0 aliphatic carbocycles. The summed E-state index contributed by atoms with van der Waals surface area (Å²) in [6.45, 7) is 0. The lowest BCUT2D eigenvalue weighted by Gasteiger charge is -2.16. The van der Waals surface area contributed by atoms with E-state index < -0.39 is 17.9 Å². The van der Waals surface area contributed by atoms with Gasteiger partial charge in [-0.25, -0.2) is 4.79 Å². The Hall–Kier alpha value is -2.56. The summed E-state index contributed by atoms with van der Waals surface area (Å²) in [7, 11) is 0. The van der Waals surface area contributed by atoms with Crippen LogP contribution in [0.2, 0.25) is 10.0 Å². The number of carboxylic acid groups (broad SMARTS) is 1. The number of carbonyl (C=O) groups excluding carboxylic acids is 1. The number of benzene rings is 3. The van der Waals surface area contributed by atoms with Gasteiger partial charge >= 0.3 is 5.97 Å². The fourth-order valence-corrected chi connectivity index (χ4v) is 3.25. The second-order valence-electron chi connectivity index (χ2n) is 5.83. The molecule has 3 aromatic carbocycles. The van der Waals surface area contributed by atoms with Crippen LogP contribution < -0.4 is 5.32 Å². The van der Waals surface area contributed by atoms with E-state index in [4.69, 9.17) is 23.2 Å². The van der Waals surface area contributed by atoms with Crippen molar-refractivity contribution >= 4 is 45.9 Å². The molecule has 2 N–H and O–H groups in total. The summed E-state index contributed by atoms with van der Waals surface area (Å²) >= 11 is 12.0. The van der Waals surface area contributed by atoms with E-state index >= 15 is 0 Å². The highest BCUT2D eigenvalue weighted by molar-refractivity contribution is 6.35. The number of hydrogen-bond donors (Lipinski definition) is 2. The second-order valence-corrected chi connectivity index (χ2v) is 6.67. The third-order valence-corrected chi connectivity index (χ3v) is 4.66. The van der Waals surface area contributed by atoms with Gasteiger partial charge in [0.25, 0.3) is 5.91 Å². The molecule has 0 heterocycles. The van der Waals surface area contributed by atoms with Crippen LogP contribution in [0.15, 0.2) is 60.7 Å². The molecule has 0 radical (unpaired) electrons. The minimum absolute atomic E-state index is 0.0574. The van der Waals surface area contributed by atoms with Gasteiger partial charge in [-0.05, 0) is 34.5 Å². The standard InChI is InChI=1S/C20H15Cl2NO3/c21-14-9-8-13(17(22)11-14)10-18(20(25)26)23-19(24)16-7-3-5-12-4-1-2-6-15(12)16/h1-9,11,18H,10H2,(H,23,24)(H,25,26)/t18-/m1/s1. The molecular formula is C20H15Cl2NO3. The van der Waals surface area contributed by atoms with Gasteiger partial charge < -0.3 is 10.4 Å². The molecule has 26 heavy (non-hydrogen) atoms. The van der Waals surface area contributed by atoms with Gasteiger partial charge in [0.15, 0.2) is 0 Å². The molecule has 0 saturated heterocycles. The third-order valence-electron chi connectivity index (χ3n) is 4.08. The minimum Gasteiger partial charge on any atom is -0.480 e. The van der Waals surface area contributed by atoms with Crippen molar-refractivity contribution in [2.24, 2.45) is 0 Å². The van der Waals surface area contributed by atoms with Crippen LogP contribution in [0, 0.1) is 0 Å². The molecule has 0 saturated carbocycles. The van der Waals surface area contributed by atoms with Crippen molar-refractivity contribution < 1.29 is 14.7 Å². The second kappa shape index (κ2) is 7.77. The zero-order chi connectivity index (χ0) is 18.7.